The maximum atomic E-state index is 13.7. The SMILES string of the molecule is CC[C@H](NC(=O)[C@H](C)NC)C(=O)N1CC[C@@H]2[C@H]1[C@@H](c1c[nH]c3cc(F)ccc13)CN2C(C)=O. The summed E-state index contributed by atoms with van der Waals surface area (Å²) in [7, 11) is 1.70. The number of likely N-dealkylation sites (tertiary alicyclic amines) is 2. The highest BCUT2D eigenvalue weighted by molar-refractivity contribution is 5.90. The summed E-state index contributed by atoms with van der Waals surface area (Å²) in [6.45, 7) is 6.21. The van der Waals surface area contributed by atoms with Crippen molar-refractivity contribution in [3.05, 3.63) is 35.8 Å². The number of H-pyrrole nitrogens is 1. The molecule has 2 aliphatic rings. The van der Waals surface area contributed by atoms with Crippen LogP contribution < -0.4 is 10.6 Å². The summed E-state index contributed by atoms with van der Waals surface area (Å²) in [6, 6.07) is 3.32. The van der Waals surface area contributed by atoms with Crippen molar-refractivity contribution >= 4 is 28.6 Å². The molecule has 178 valence electrons. The molecule has 5 atom stereocenters. The van der Waals surface area contributed by atoms with Crippen LogP contribution in [-0.2, 0) is 14.4 Å². The molecular weight excluding hydrogens is 425 g/mol. The van der Waals surface area contributed by atoms with E-state index in [4.69, 9.17) is 0 Å². The number of hydrogen-bond donors (Lipinski definition) is 3. The van der Waals surface area contributed by atoms with Crippen molar-refractivity contribution in [1.82, 2.24) is 25.4 Å². The number of halogens is 1. The molecule has 0 spiro atoms. The van der Waals surface area contributed by atoms with E-state index in [0.29, 0.717) is 31.4 Å². The zero-order valence-electron chi connectivity index (χ0n) is 19.5. The normalized spacial score (nSPS) is 24.1. The number of aromatic nitrogens is 1. The van der Waals surface area contributed by atoms with Gasteiger partial charge in [-0.2, -0.15) is 0 Å². The number of rotatable bonds is 6. The van der Waals surface area contributed by atoms with E-state index < -0.39 is 12.1 Å². The van der Waals surface area contributed by atoms with Gasteiger partial charge in [0, 0.05) is 43.0 Å². The monoisotopic (exact) mass is 457 g/mol. The van der Waals surface area contributed by atoms with Gasteiger partial charge in [-0.1, -0.05) is 6.92 Å². The summed E-state index contributed by atoms with van der Waals surface area (Å²) in [5.74, 6) is -0.784. The highest BCUT2D eigenvalue weighted by Gasteiger charge is 2.52. The highest BCUT2D eigenvalue weighted by Crippen LogP contribution is 2.43. The fourth-order valence-electron chi connectivity index (χ4n) is 5.38. The predicted molar refractivity (Wildman–Crippen MR) is 123 cm³/mol. The Labute approximate surface area is 192 Å². The second-order valence-electron chi connectivity index (χ2n) is 9.07. The van der Waals surface area contributed by atoms with Crippen molar-refractivity contribution in [2.75, 3.05) is 20.1 Å². The molecule has 2 saturated heterocycles. The molecule has 4 rings (SSSR count). The van der Waals surface area contributed by atoms with Crippen LogP contribution in [-0.4, -0.2) is 76.8 Å². The summed E-state index contributed by atoms with van der Waals surface area (Å²) in [6.07, 6.45) is 3.03. The molecule has 3 heterocycles. The van der Waals surface area contributed by atoms with E-state index in [1.807, 2.05) is 22.9 Å². The van der Waals surface area contributed by atoms with Crippen molar-refractivity contribution < 1.29 is 18.8 Å². The van der Waals surface area contributed by atoms with Crippen molar-refractivity contribution in [1.29, 1.82) is 0 Å². The van der Waals surface area contributed by atoms with Crippen LogP contribution in [0.25, 0.3) is 10.9 Å². The molecule has 0 radical (unpaired) electrons. The molecule has 0 aliphatic carbocycles. The molecule has 2 aliphatic heterocycles. The van der Waals surface area contributed by atoms with Crippen molar-refractivity contribution in [2.45, 2.75) is 63.7 Å². The molecule has 3 N–H and O–H groups in total. The summed E-state index contributed by atoms with van der Waals surface area (Å²) >= 11 is 0. The van der Waals surface area contributed by atoms with Gasteiger partial charge in [-0.05, 0) is 50.6 Å². The number of fused-ring (bicyclic) bond motifs is 2. The van der Waals surface area contributed by atoms with E-state index in [9.17, 15) is 18.8 Å². The first kappa shape index (κ1) is 23.2. The smallest absolute Gasteiger partial charge is 0.245 e. The Kier molecular flexibility index (Phi) is 6.43. The third-order valence-electron chi connectivity index (χ3n) is 7.24. The first-order valence-corrected chi connectivity index (χ1v) is 11.6. The largest absolute Gasteiger partial charge is 0.361 e. The molecule has 0 saturated carbocycles. The van der Waals surface area contributed by atoms with Crippen molar-refractivity contribution in [2.24, 2.45) is 0 Å². The number of carbonyl (C=O) groups is 3. The van der Waals surface area contributed by atoms with Gasteiger partial charge in [0.05, 0.1) is 18.1 Å². The standard InChI is InChI=1S/C24H32FN5O3/c1-5-19(28-23(32)13(2)26-4)24(33)29-9-8-21-22(29)18(12-30(21)14(3)31)17-11-27-20-10-15(25)6-7-16(17)20/h6-7,10-11,13,18-19,21-22,26-27H,5,8-9,12H2,1-4H3,(H,28,32)/t13-,18+,19-,21+,22+/m0/s1. The first-order chi connectivity index (χ1) is 15.8. The van der Waals surface area contributed by atoms with Crippen LogP contribution in [0.15, 0.2) is 24.4 Å². The number of hydrogen-bond acceptors (Lipinski definition) is 4. The number of nitrogens with one attached hydrogen (secondary N) is 3. The third kappa shape index (κ3) is 4.10. The summed E-state index contributed by atoms with van der Waals surface area (Å²) in [5.41, 5.74) is 1.67. The van der Waals surface area contributed by atoms with Gasteiger partial charge in [0.15, 0.2) is 0 Å². The van der Waals surface area contributed by atoms with E-state index in [1.165, 1.54) is 12.1 Å². The second kappa shape index (κ2) is 9.13. The minimum atomic E-state index is -0.629. The molecule has 2 aromatic rings. The Morgan fingerprint density at radius 2 is 2.03 bits per heavy atom. The van der Waals surface area contributed by atoms with Gasteiger partial charge in [-0.3, -0.25) is 14.4 Å². The van der Waals surface area contributed by atoms with Gasteiger partial charge in [0.1, 0.15) is 11.9 Å². The minimum absolute atomic E-state index is 0.0177. The number of amides is 3. The molecule has 33 heavy (non-hydrogen) atoms. The maximum Gasteiger partial charge on any atom is 0.245 e. The Morgan fingerprint density at radius 3 is 2.70 bits per heavy atom. The van der Waals surface area contributed by atoms with Gasteiger partial charge < -0.3 is 25.4 Å². The van der Waals surface area contributed by atoms with E-state index in [2.05, 4.69) is 15.6 Å². The summed E-state index contributed by atoms with van der Waals surface area (Å²) < 4.78 is 13.7. The van der Waals surface area contributed by atoms with Crippen LogP contribution in [0.1, 0.15) is 45.1 Å². The fourth-order valence-corrected chi connectivity index (χ4v) is 5.38. The van der Waals surface area contributed by atoms with Crippen molar-refractivity contribution in [3.63, 3.8) is 0 Å². The molecule has 0 bridgehead atoms. The van der Waals surface area contributed by atoms with Crippen LogP contribution >= 0.6 is 0 Å². The van der Waals surface area contributed by atoms with Gasteiger partial charge >= 0.3 is 0 Å². The number of benzene rings is 1. The zero-order valence-corrected chi connectivity index (χ0v) is 19.5. The van der Waals surface area contributed by atoms with Gasteiger partial charge in [-0.25, -0.2) is 4.39 Å². The molecule has 8 nitrogen and oxygen atoms in total. The van der Waals surface area contributed by atoms with Crippen molar-refractivity contribution in [3.8, 4) is 0 Å². The average molecular weight is 458 g/mol. The number of nitrogens with zero attached hydrogens (tertiary/aromatic N) is 2. The van der Waals surface area contributed by atoms with E-state index in [1.54, 1.807) is 27.0 Å². The summed E-state index contributed by atoms with van der Waals surface area (Å²) in [5, 5.41) is 6.66. The molecular formula is C24H32FN5O3. The lowest BCUT2D eigenvalue weighted by Crippen LogP contribution is -2.54. The van der Waals surface area contributed by atoms with Gasteiger partial charge in [-0.15, -0.1) is 0 Å². The van der Waals surface area contributed by atoms with Crippen LogP contribution in [0, 0.1) is 5.82 Å². The second-order valence-corrected chi connectivity index (χ2v) is 9.07. The van der Waals surface area contributed by atoms with E-state index in [-0.39, 0.29) is 41.5 Å². The molecule has 9 heteroatoms. The zero-order chi connectivity index (χ0) is 23.9. The number of aromatic amines is 1. The lowest BCUT2D eigenvalue weighted by Gasteiger charge is -2.32. The van der Waals surface area contributed by atoms with Crippen LogP contribution in [0.3, 0.4) is 0 Å². The molecule has 3 amide bonds. The lowest BCUT2D eigenvalue weighted by atomic mass is 9.91. The molecule has 1 aromatic carbocycles. The highest BCUT2D eigenvalue weighted by atomic mass is 19.1. The quantitative estimate of drug-likeness (QED) is 0.615. The third-order valence-corrected chi connectivity index (χ3v) is 7.24. The fraction of sp³-hybridized carbons (Fsp3) is 0.542. The Morgan fingerprint density at radius 1 is 1.27 bits per heavy atom. The Balaban J connectivity index is 1.66. The van der Waals surface area contributed by atoms with Gasteiger partial charge in [0.25, 0.3) is 0 Å². The predicted octanol–water partition coefficient (Wildman–Crippen LogP) is 1.72. The number of carbonyl (C=O) groups excluding carboxylic acids is 3. The molecule has 0 unspecified atom stereocenters. The Hall–Kier alpha value is -2.94. The molecule has 1 aromatic heterocycles. The van der Waals surface area contributed by atoms with E-state index in [0.717, 1.165) is 10.9 Å². The topological polar surface area (TPSA) is 97.5 Å². The number of likely N-dealkylation sites (N-methyl/N-ethyl adjacent to an activating group) is 1. The van der Waals surface area contributed by atoms with Crippen LogP contribution in [0.5, 0.6) is 0 Å². The lowest BCUT2D eigenvalue weighted by molar-refractivity contribution is -0.138. The maximum absolute atomic E-state index is 13.7. The summed E-state index contributed by atoms with van der Waals surface area (Å²) in [4.78, 5) is 45.3. The average Bonchev–Trinajstić information content (AvgIpc) is 3.49. The van der Waals surface area contributed by atoms with Gasteiger partial charge in [0.2, 0.25) is 17.7 Å². The minimum Gasteiger partial charge on any atom is -0.361 e. The Bertz CT molecular complexity index is 1070. The van der Waals surface area contributed by atoms with E-state index >= 15 is 0 Å². The van der Waals surface area contributed by atoms with Crippen LogP contribution in [0.4, 0.5) is 4.39 Å². The molecule has 2 fully saturated rings. The first-order valence-electron chi connectivity index (χ1n) is 11.6. The van der Waals surface area contributed by atoms with Crippen LogP contribution in [0.2, 0.25) is 0 Å².